The molecule has 1 amide bonds. The van der Waals surface area contributed by atoms with Gasteiger partial charge in [-0.2, -0.15) is 0 Å². The lowest BCUT2D eigenvalue weighted by molar-refractivity contribution is -0.143. The predicted molar refractivity (Wildman–Crippen MR) is 310 cm³/mol. The third kappa shape index (κ3) is 57.2. The van der Waals surface area contributed by atoms with Crippen molar-refractivity contribution in [2.24, 2.45) is 0 Å². The van der Waals surface area contributed by atoms with Crippen molar-refractivity contribution < 1.29 is 24.5 Å². The second kappa shape index (κ2) is 60.6. The van der Waals surface area contributed by atoms with Crippen LogP contribution in [0.25, 0.3) is 0 Å². The van der Waals surface area contributed by atoms with E-state index < -0.39 is 12.1 Å². The molecule has 71 heavy (non-hydrogen) atoms. The maximum atomic E-state index is 12.5. The molecule has 0 spiro atoms. The van der Waals surface area contributed by atoms with Crippen LogP contribution in [0.5, 0.6) is 0 Å². The van der Waals surface area contributed by atoms with Crippen LogP contribution in [-0.2, 0) is 14.3 Å². The molecule has 0 saturated carbocycles. The van der Waals surface area contributed by atoms with Crippen LogP contribution in [0.2, 0.25) is 0 Å². The molecule has 0 radical (unpaired) electrons. The fraction of sp³-hybridized carbons (Fsp3) is 0.877. The minimum Gasteiger partial charge on any atom is -0.465 e. The number of esters is 1. The highest BCUT2D eigenvalue weighted by atomic mass is 16.5. The third-order valence-corrected chi connectivity index (χ3v) is 14.7. The zero-order valence-corrected chi connectivity index (χ0v) is 47.7. The number of hydrogen-bond acceptors (Lipinski definition) is 5. The molecule has 0 fully saturated rings. The summed E-state index contributed by atoms with van der Waals surface area (Å²) < 4.78 is 5.42. The average Bonchev–Trinajstić information content (AvgIpc) is 3.37. The van der Waals surface area contributed by atoms with Crippen molar-refractivity contribution in [3.05, 3.63) is 36.5 Å². The second-order valence-corrected chi connectivity index (χ2v) is 21.7. The monoisotopic (exact) mass is 998 g/mol. The summed E-state index contributed by atoms with van der Waals surface area (Å²) in [5.74, 6) is -0.104. The maximum absolute atomic E-state index is 12.5. The molecule has 2 atom stereocenters. The summed E-state index contributed by atoms with van der Waals surface area (Å²) in [6.07, 6.45) is 76.3. The first-order chi connectivity index (χ1) is 35.0. The Morgan fingerprint density at radius 2 is 0.704 bits per heavy atom. The molecule has 6 heteroatoms. The molecule has 0 saturated heterocycles. The molecule has 6 nitrogen and oxygen atoms in total. The van der Waals surface area contributed by atoms with Crippen LogP contribution in [0, 0.1) is 0 Å². The van der Waals surface area contributed by atoms with Gasteiger partial charge in [-0.25, -0.2) is 0 Å². The van der Waals surface area contributed by atoms with Crippen LogP contribution >= 0.6 is 0 Å². The van der Waals surface area contributed by atoms with Gasteiger partial charge in [0, 0.05) is 12.8 Å². The Balaban J connectivity index is 3.48. The smallest absolute Gasteiger partial charge is 0.305 e. The van der Waals surface area contributed by atoms with Crippen molar-refractivity contribution in [2.75, 3.05) is 13.2 Å². The topological polar surface area (TPSA) is 95.9 Å². The van der Waals surface area contributed by atoms with Crippen molar-refractivity contribution in [1.29, 1.82) is 0 Å². The van der Waals surface area contributed by atoms with E-state index in [2.05, 4.69) is 43.5 Å². The summed E-state index contributed by atoms with van der Waals surface area (Å²) in [7, 11) is 0. The Labute approximate surface area is 443 Å². The van der Waals surface area contributed by atoms with Gasteiger partial charge >= 0.3 is 5.97 Å². The number of ether oxygens (including phenoxy) is 1. The molecule has 0 heterocycles. The van der Waals surface area contributed by atoms with Gasteiger partial charge in [-0.3, -0.25) is 9.59 Å². The van der Waals surface area contributed by atoms with Crippen molar-refractivity contribution in [2.45, 2.75) is 353 Å². The lowest BCUT2D eigenvalue weighted by atomic mass is 10.0. The molecular weight excluding hydrogens is 875 g/mol. The van der Waals surface area contributed by atoms with Gasteiger partial charge in [0.05, 0.1) is 25.4 Å². The van der Waals surface area contributed by atoms with Crippen LogP contribution in [0.3, 0.4) is 0 Å². The quantitative estimate of drug-likeness (QED) is 0.0321. The van der Waals surface area contributed by atoms with Gasteiger partial charge in [0.2, 0.25) is 5.91 Å². The maximum Gasteiger partial charge on any atom is 0.305 e. The largest absolute Gasteiger partial charge is 0.465 e. The Bertz CT molecular complexity index is 1150. The summed E-state index contributed by atoms with van der Waals surface area (Å²) in [4.78, 5) is 24.5. The van der Waals surface area contributed by atoms with E-state index in [4.69, 9.17) is 4.74 Å². The average molecular weight is 999 g/mol. The van der Waals surface area contributed by atoms with Crippen molar-refractivity contribution in [3.8, 4) is 0 Å². The van der Waals surface area contributed by atoms with Crippen LogP contribution in [-0.4, -0.2) is 47.4 Å². The number of amides is 1. The van der Waals surface area contributed by atoms with Gasteiger partial charge < -0.3 is 20.3 Å². The number of aliphatic hydroxyl groups excluding tert-OH is 2. The summed E-state index contributed by atoms with van der Waals surface area (Å²) in [6, 6.07) is -0.632. The minimum absolute atomic E-state index is 0.0333. The van der Waals surface area contributed by atoms with E-state index in [1.54, 1.807) is 6.08 Å². The molecular formula is C65H123NO5. The number of unbranched alkanes of at least 4 members (excludes halogenated alkanes) is 44. The molecule has 0 aliphatic rings. The zero-order valence-electron chi connectivity index (χ0n) is 47.7. The molecule has 3 N–H and O–H groups in total. The van der Waals surface area contributed by atoms with Crippen molar-refractivity contribution >= 4 is 11.9 Å². The zero-order chi connectivity index (χ0) is 51.4. The van der Waals surface area contributed by atoms with E-state index in [1.165, 1.54) is 263 Å². The fourth-order valence-corrected chi connectivity index (χ4v) is 9.83. The molecule has 0 aliphatic heterocycles. The number of rotatable bonds is 59. The number of hydrogen-bond donors (Lipinski definition) is 3. The normalized spacial score (nSPS) is 12.8. The Morgan fingerprint density at radius 3 is 1.07 bits per heavy atom. The summed E-state index contributed by atoms with van der Waals surface area (Å²) >= 11 is 0. The summed E-state index contributed by atoms with van der Waals surface area (Å²) in [6.45, 7) is 4.82. The molecule has 0 rings (SSSR count). The van der Waals surface area contributed by atoms with Crippen molar-refractivity contribution in [1.82, 2.24) is 5.32 Å². The molecule has 0 aromatic carbocycles. The lowest BCUT2D eigenvalue weighted by Gasteiger charge is -2.20. The fourth-order valence-electron chi connectivity index (χ4n) is 9.83. The van der Waals surface area contributed by atoms with E-state index in [-0.39, 0.29) is 18.5 Å². The van der Waals surface area contributed by atoms with Crippen molar-refractivity contribution in [3.63, 3.8) is 0 Å². The third-order valence-electron chi connectivity index (χ3n) is 14.7. The number of carbonyl (C=O) groups is 2. The summed E-state index contributed by atoms with van der Waals surface area (Å²) in [5, 5.41) is 23.2. The van der Waals surface area contributed by atoms with Gasteiger partial charge in [0.15, 0.2) is 0 Å². The van der Waals surface area contributed by atoms with Gasteiger partial charge in [0.1, 0.15) is 0 Å². The molecule has 0 aliphatic carbocycles. The van der Waals surface area contributed by atoms with Gasteiger partial charge in [0.25, 0.3) is 0 Å². The SMILES string of the molecule is CCCCCCCCCCCCCCCCCCC/C=C/C(O)C(CO)NC(=O)CCCCCCCCCCCCCCCC/C=C\C/C=C\CCOC(=O)CCCCCCCCCCCCCCCC. The van der Waals surface area contributed by atoms with Gasteiger partial charge in [-0.1, -0.05) is 314 Å². The van der Waals surface area contributed by atoms with Crippen LogP contribution in [0.15, 0.2) is 36.5 Å². The summed E-state index contributed by atoms with van der Waals surface area (Å²) in [5.41, 5.74) is 0. The second-order valence-electron chi connectivity index (χ2n) is 21.7. The molecule has 0 aromatic heterocycles. The number of allylic oxidation sites excluding steroid dienone is 4. The first-order valence-electron chi connectivity index (χ1n) is 31.8. The molecule has 418 valence electrons. The van der Waals surface area contributed by atoms with E-state index >= 15 is 0 Å². The van der Waals surface area contributed by atoms with Gasteiger partial charge in [-0.05, 0) is 51.4 Å². The molecule has 0 aromatic rings. The molecule has 0 bridgehead atoms. The van der Waals surface area contributed by atoms with E-state index in [9.17, 15) is 19.8 Å². The van der Waals surface area contributed by atoms with Crippen LogP contribution in [0.1, 0.15) is 341 Å². The number of carbonyl (C=O) groups excluding carboxylic acids is 2. The Kier molecular flexibility index (Phi) is 59.0. The number of nitrogens with one attached hydrogen (secondary N) is 1. The Hall–Kier alpha value is -1.92. The van der Waals surface area contributed by atoms with Gasteiger partial charge in [-0.15, -0.1) is 0 Å². The predicted octanol–water partition coefficient (Wildman–Crippen LogP) is 20.0. The minimum atomic E-state index is -0.849. The Morgan fingerprint density at radius 1 is 0.394 bits per heavy atom. The van der Waals surface area contributed by atoms with E-state index in [1.807, 2.05) is 6.08 Å². The van der Waals surface area contributed by atoms with E-state index in [0.717, 1.165) is 51.4 Å². The molecule has 2 unspecified atom stereocenters. The highest BCUT2D eigenvalue weighted by molar-refractivity contribution is 5.76. The number of aliphatic hydroxyl groups is 2. The lowest BCUT2D eigenvalue weighted by Crippen LogP contribution is -2.45. The highest BCUT2D eigenvalue weighted by Crippen LogP contribution is 2.18. The first kappa shape index (κ1) is 69.1. The highest BCUT2D eigenvalue weighted by Gasteiger charge is 2.18. The first-order valence-corrected chi connectivity index (χ1v) is 31.8. The van der Waals surface area contributed by atoms with Crippen LogP contribution in [0.4, 0.5) is 0 Å². The standard InChI is InChI=1S/C65H123NO5/c1-3-5-7-9-11-13-15-17-19-20-24-27-30-33-37-41-45-49-53-57-63(68)62(61-67)66-64(69)58-54-50-46-42-38-34-31-28-25-22-21-23-26-29-32-36-40-44-48-52-56-60-71-65(70)59-55-51-47-43-39-35-18-16-14-12-10-8-6-4-2/h36,40,48,52-53,57,62-63,67-68H,3-35,37-39,41-47,49-51,54-56,58-61H2,1-2H3,(H,66,69)/b40-36-,52-48-,57-53+. The van der Waals surface area contributed by atoms with Crippen LogP contribution < -0.4 is 5.32 Å². The van der Waals surface area contributed by atoms with E-state index in [0.29, 0.717) is 19.4 Å².